The first-order chi connectivity index (χ1) is 8.15. The quantitative estimate of drug-likeness (QED) is 0.946. The van der Waals surface area contributed by atoms with Crippen molar-refractivity contribution in [1.82, 2.24) is 9.88 Å². The molecule has 0 saturated heterocycles. The van der Waals surface area contributed by atoms with Gasteiger partial charge in [0.2, 0.25) is 0 Å². The summed E-state index contributed by atoms with van der Waals surface area (Å²) in [5, 5.41) is 5.08. The molecule has 90 valence electrons. The maximum absolute atomic E-state index is 11.7. The lowest BCUT2D eigenvalue weighted by Crippen LogP contribution is -2.30. The summed E-state index contributed by atoms with van der Waals surface area (Å²) < 4.78 is 5.98. The van der Waals surface area contributed by atoms with Crippen LogP contribution in [0.4, 0.5) is 9.93 Å². The third-order valence-electron chi connectivity index (χ3n) is 2.01. The average Bonchev–Trinajstić information content (AvgIpc) is 2.90. The van der Waals surface area contributed by atoms with Gasteiger partial charge in [-0.25, -0.2) is 9.78 Å². The monoisotopic (exact) mass is 315 g/mol. The van der Waals surface area contributed by atoms with Crippen LogP contribution in [0.15, 0.2) is 32.8 Å². The number of urea groups is 1. The molecule has 0 aliphatic heterocycles. The Bertz CT molecular complexity index is 497. The molecule has 0 fully saturated rings. The molecule has 17 heavy (non-hydrogen) atoms. The standard InChI is InChI=1S/C10H10BrN3O2S/c1-14(6-7-2-3-8(11)16-7)10(15)13-9-12-4-5-17-9/h2-5H,6H2,1H3,(H,12,13,15). The first kappa shape index (κ1) is 12.1. The number of thiazole rings is 1. The van der Waals surface area contributed by atoms with Crippen LogP contribution in [0.2, 0.25) is 0 Å². The molecular weight excluding hydrogens is 306 g/mol. The van der Waals surface area contributed by atoms with Crippen molar-refractivity contribution in [3.63, 3.8) is 0 Å². The first-order valence-corrected chi connectivity index (χ1v) is 6.48. The summed E-state index contributed by atoms with van der Waals surface area (Å²) >= 11 is 4.59. The van der Waals surface area contributed by atoms with Crippen LogP contribution in [0.25, 0.3) is 0 Å². The van der Waals surface area contributed by atoms with Crippen molar-refractivity contribution < 1.29 is 9.21 Å². The van der Waals surface area contributed by atoms with E-state index in [1.54, 1.807) is 24.7 Å². The molecule has 7 heteroatoms. The second-order valence-electron chi connectivity index (χ2n) is 3.33. The number of aromatic nitrogens is 1. The first-order valence-electron chi connectivity index (χ1n) is 4.81. The zero-order valence-electron chi connectivity index (χ0n) is 9.01. The number of nitrogens with one attached hydrogen (secondary N) is 1. The SMILES string of the molecule is CN(Cc1ccc(Br)o1)C(=O)Nc1nccs1. The third-order valence-corrected chi connectivity index (χ3v) is 3.13. The van der Waals surface area contributed by atoms with Crippen molar-refractivity contribution in [3.8, 4) is 0 Å². The van der Waals surface area contributed by atoms with Gasteiger partial charge in [-0.2, -0.15) is 0 Å². The fourth-order valence-electron chi connectivity index (χ4n) is 1.21. The van der Waals surface area contributed by atoms with Gasteiger partial charge in [0.25, 0.3) is 0 Å². The molecule has 2 aromatic heterocycles. The fourth-order valence-corrected chi connectivity index (χ4v) is 2.07. The zero-order valence-corrected chi connectivity index (χ0v) is 11.4. The van der Waals surface area contributed by atoms with Crippen molar-refractivity contribution >= 4 is 38.4 Å². The minimum absolute atomic E-state index is 0.215. The molecule has 5 nitrogen and oxygen atoms in total. The van der Waals surface area contributed by atoms with Crippen LogP contribution in [-0.2, 0) is 6.54 Å². The molecule has 2 rings (SSSR count). The number of hydrogen-bond acceptors (Lipinski definition) is 4. The lowest BCUT2D eigenvalue weighted by atomic mass is 10.4. The minimum atomic E-state index is -0.215. The molecule has 0 saturated carbocycles. The molecule has 0 aliphatic carbocycles. The maximum Gasteiger partial charge on any atom is 0.323 e. The van der Waals surface area contributed by atoms with E-state index in [2.05, 4.69) is 26.2 Å². The Morgan fingerprint density at radius 1 is 1.65 bits per heavy atom. The summed E-state index contributed by atoms with van der Waals surface area (Å²) in [7, 11) is 1.69. The highest BCUT2D eigenvalue weighted by Gasteiger charge is 2.12. The number of halogens is 1. The lowest BCUT2D eigenvalue weighted by molar-refractivity contribution is 0.216. The van der Waals surface area contributed by atoms with Gasteiger partial charge in [-0.3, -0.25) is 5.32 Å². The van der Waals surface area contributed by atoms with Gasteiger partial charge in [-0.05, 0) is 28.1 Å². The second kappa shape index (κ2) is 5.33. The van der Waals surface area contributed by atoms with Gasteiger partial charge in [0, 0.05) is 18.6 Å². The molecule has 1 N–H and O–H groups in total. The maximum atomic E-state index is 11.7. The van der Waals surface area contributed by atoms with E-state index in [4.69, 9.17) is 4.42 Å². The summed E-state index contributed by atoms with van der Waals surface area (Å²) in [6.07, 6.45) is 1.64. The largest absolute Gasteiger partial charge is 0.452 e. The van der Waals surface area contributed by atoms with E-state index in [0.29, 0.717) is 22.1 Å². The summed E-state index contributed by atoms with van der Waals surface area (Å²) in [5.74, 6) is 0.716. The van der Waals surface area contributed by atoms with Crippen molar-refractivity contribution in [2.45, 2.75) is 6.54 Å². The molecule has 0 unspecified atom stereocenters. The molecule has 0 aliphatic rings. The fraction of sp³-hybridized carbons (Fsp3) is 0.200. The summed E-state index contributed by atoms with van der Waals surface area (Å²) in [4.78, 5) is 17.2. The van der Waals surface area contributed by atoms with Gasteiger partial charge >= 0.3 is 6.03 Å². The van der Waals surface area contributed by atoms with Gasteiger partial charge in [-0.1, -0.05) is 0 Å². The Morgan fingerprint density at radius 2 is 2.47 bits per heavy atom. The van der Waals surface area contributed by atoms with Crippen molar-refractivity contribution in [3.05, 3.63) is 34.1 Å². The Morgan fingerprint density at radius 3 is 3.06 bits per heavy atom. The Hall–Kier alpha value is -1.34. The van der Waals surface area contributed by atoms with Crippen LogP contribution in [-0.4, -0.2) is 23.0 Å². The number of anilines is 1. The Kier molecular flexibility index (Phi) is 3.80. The molecule has 2 heterocycles. The van der Waals surface area contributed by atoms with E-state index in [9.17, 15) is 4.79 Å². The highest BCUT2D eigenvalue weighted by Crippen LogP contribution is 2.16. The smallest absolute Gasteiger partial charge is 0.323 e. The van der Waals surface area contributed by atoms with Gasteiger partial charge < -0.3 is 9.32 Å². The Balaban J connectivity index is 1.91. The summed E-state index contributed by atoms with van der Waals surface area (Å²) in [6, 6.07) is 3.39. The van der Waals surface area contributed by atoms with Crippen molar-refractivity contribution in [2.24, 2.45) is 0 Å². The number of amides is 2. The van der Waals surface area contributed by atoms with Gasteiger partial charge in [-0.15, -0.1) is 11.3 Å². The molecular formula is C10H10BrN3O2S. The third kappa shape index (κ3) is 3.31. The van der Waals surface area contributed by atoms with E-state index in [-0.39, 0.29) is 6.03 Å². The van der Waals surface area contributed by atoms with Crippen LogP contribution in [0.3, 0.4) is 0 Å². The summed E-state index contributed by atoms with van der Waals surface area (Å²) in [6.45, 7) is 0.406. The van der Waals surface area contributed by atoms with Crippen LogP contribution < -0.4 is 5.32 Å². The van der Waals surface area contributed by atoms with Gasteiger partial charge in [0.05, 0.1) is 6.54 Å². The second-order valence-corrected chi connectivity index (χ2v) is 5.01. The molecule has 2 aromatic rings. The van der Waals surface area contributed by atoms with Gasteiger partial charge in [0.15, 0.2) is 9.80 Å². The number of nitrogens with zero attached hydrogens (tertiary/aromatic N) is 2. The Labute approximate surface area is 111 Å². The van der Waals surface area contributed by atoms with E-state index < -0.39 is 0 Å². The molecule has 0 atom stereocenters. The number of carbonyl (C=O) groups is 1. The zero-order chi connectivity index (χ0) is 12.3. The van der Waals surface area contributed by atoms with Crippen molar-refractivity contribution in [2.75, 3.05) is 12.4 Å². The topological polar surface area (TPSA) is 58.4 Å². The predicted octanol–water partition coefficient (Wildman–Crippen LogP) is 3.16. The molecule has 0 aromatic carbocycles. The number of carbonyl (C=O) groups excluding carboxylic acids is 1. The van der Waals surface area contributed by atoms with E-state index >= 15 is 0 Å². The average molecular weight is 316 g/mol. The molecule has 2 amide bonds. The van der Waals surface area contributed by atoms with Crippen LogP contribution >= 0.6 is 27.3 Å². The van der Waals surface area contributed by atoms with Crippen LogP contribution in [0, 0.1) is 0 Å². The van der Waals surface area contributed by atoms with E-state index in [0.717, 1.165) is 0 Å². The minimum Gasteiger partial charge on any atom is -0.452 e. The molecule has 0 bridgehead atoms. The molecule has 0 radical (unpaired) electrons. The van der Waals surface area contributed by atoms with Gasteiger partial charge in [0.1, 0.15) is 5.76 Å². The van der Waals surface area contributed by atoms with Crippen LogP contribution in [0.5, 0.6) is 0 Å². The highest BCUT2D eigenvalue weighted by atomic mass is 79.9. The summed E-state index contributed by atoms with van der Waals surface area (Å²) in [5.41, 5.74) is 0. The lowest BCUT2D eigenvalue weighted by Gasteiger charge is -2.15. The van der Waals surface area contributed by atoms with Crippen molar-refractivity contribution in [1.29, 1.82) is 0 Å². The normalized spacial score (nSPS) is 10.2. The molecule has 0 spiro atoms. The number of furan rings is 1. The number of hydrogen-bond donors (Lipinski definition) is 1. The predicted molar refractivity (Wildman–Crippen MR) is 69.0 cm³/mol. The highest BCUT2D eigenvalue weighted by molar-refractivity contribution is 9.10. The van der Waals surface area contributed by atoms with E-state index in [1.165, 1.54) is 16.2 Å². The number of rotatable bonds is 3. The van der Waals surface area contributed by atoms with E-state index in [1.807, 2.05) is 6.07 Å². The van der Waals surface area contributed by atoms with Crippen LogP contribution in [0.1, 0.15) is 5.76 Å².